The predicted molar refractivity (Wildman–Crippen MR) is 87.7 cm³/mol. The molecule has 2 aromatic rings. The molecule has 110 valence electrons. The Hall–Kier alpha value is -1.68. The van der Waals surface area contributed by atoms with Crippen LogP contribution in [0.15, 0.2) is 46.5 Å². The minimum atomic E-state index is 0.921. The van der Waals surface area contributed by atoms with Gasteiger partial charge in [-0.05, 0) is 51.2 Å². The molecule has 1 aliphatic rings. The summed E-state index contributed by atoms with van der Waals surface area (Å²) in [5.74, 6) is 0. The fraction of sp³-hybridized carbons (Fsp3) is 0.412. The molecule has 3 nitrogen and oxygen atoms in total. The van der Waals surface area contributed by atoms with Gasteiger partial charge in [0.15, 0.2) is 4.80 Å². The van der Waals surface area contributed by atoms with Crippen molar-refractivity contribution in [2.75, 3.05) is 0 Å². The summed E-state index contributed by atoms with van der Waals surface area (Å²) in [5, 5.41) is 2.18. The first kappa shape index (κ1) is 14.3. The van der Waals surface area contributed by atoms with Crippen LogP contribution in [-0.4, -0.2) is 9.55 Å². The van der Waals surface area contributed by atoms with E-state index in [0.717, 1.165) is 23.5 Å². The number of pyridine rings is 1. The lowest BCUT2D eigenvalue weighted by atomic mass is 9.97. The van der Waals surface area contributed by atoms with E-state index in [4.69, 9.17) is 4.99 Å². The van der Waals surface area contributed by atoms with Crippen LogP contribution in [0.1, 0.15) is 37.8 Å². The summed E-state index contributed by atoms with van der Waals surface area (Å²) in [6.45, 7) is 3.19. The van der Waals surface area contributed by atoms with Crippen LogP contribution in [0.3, 0.4) is 0 Å². The summed E-state index contributed by atoms with van der Waals surface area (Å²) in [6, 6.07) is 3.92. The van der Waals surface area contributed by atoms with Gasteiger partial charge in [0.25, 0.3) is 0 Å². The van der Waals surface area contributed by atoms with Crippen molar-refractivity contribution in [3.05, 3.63) is 52.1 Å². The van der Waals surface area contributed by atoms with Gasteiger partial charge in [0.2, 0.25) is 0 Å². The third kappa shape index (κ3) is 3.70. The molecule has 0 saturated heterocycles. The van der Waals surface area contributed by atoms with Gasteiger partial charge >= 0.3 is 0 Å². The fourth-order valence-corrected chi connectivity index (χ4v) is 3.62. The molecule has 0 aromatic carbocycles. The minimum Gasteiger partial charge on any atom is -0.321 e. The molecule has 4 heteroatoms. The Bertz CT molecular complexity index is 680. The maximum atomic E-state index is 4.73. The summed E-state index contributed by atoms with van der Waals surface area (Å²) in [6.07, 6.45) is 12.4. The Morgan fingerprint density at radius 2 is 2.33 bits per heavy atom. The Morgan fingerprint density at radius 1 is 1.38 bits per heavy atom. The van der Waals surface area contributed by atoms with E-state index in [9.17, 15) is 0 Å². The number of aryl methyl sites for hydroxylation is 1. The Morgan fingerprint density at radius 3 is 3.10 bits per heavy atom. The standard InChI is InChI=1S/C17H21N3S/c1-14-13-21-17(19-16-8-5-10-18-12-16)20(14)11-9-15-6-3-2-4-7-15/h5-6,8,10,12-13H,2-4,7,9,11H2,1H3. The van der Waals surface area contributed by atoms with Gasteiger partial charge in [0.1, 0.15) is 0 Å². The van der Waals surface area contributed by atoms with Crippen LogP contribution < -0.4 is 4.80 Å². The lowest BCUT2D eigenvalue weighted by Crippen LogP contribution is -2.16. The van der Waals surface area contributed by atoms with Gasteiger partial charge in [0.05, 0.1) is 11.9 Å². The van der Waals surface area contributed by atoms with Crippen LogP contribution >= 0.6 is 11.3 Å². The number of rotatable bonds is 4. The molecule has 0 aliphatic heterocycles. The molecule has 0 radical (unpaired) electrons. The summed E-state index contributed by atoms with van der Waals surface area (Å²) in [4.78, 5) is 9.92. The molecule has 0 atom stereocenters. The van der Waals surface area contributed by atoms with Gasteiger partial charge in [-0.25, -0.2) is 4.99 Å². The van der Waals surface area contributed by atoms with E-state index in [1.807, 2.05) is 18.3 Å². The number of allylic oxidation sites excluding steroid dienone is 2. The molecule has 1 aliphatic carbocycles. The third-order valence-electron chi connectivity index (χ3n) is 3.90. The van der Waals surface area contributed by atoms with Gasteiger partial charge in [-0.15, -0.1) is 11.3 Å². The van der Waals surface area contributed by atoms with E-state index >= 15 is 0 Å². The first-order valence-electron chi connectivity index (χ1n) is 7.60. The average Bonchev–Trinajstić information content (AvgIpc) is 2.87. The van der Waals surface area contributed by atoms with Crippen LogP contribution in [0.4, 0.5) is 5.69 Å². The molecule has 3 rings (SSSR count). The second-order valence-corrected chi connectivity index (χ2v) is 6.33. The Kier molecular flexibility index (Phi) is 4.65. The van der Waals surface area contributed by atoms with E-state index in [1.54, 1.807) is 23.1 Å². The van der Waals surface area contributed by atoms with Crippen LogP contribution in [0.2, 0.25) is 0 Å². The van der Waals surface area contributed by atoms with Crippen molar-refractivity contribution in [2.24, 2.45) is 4.99 Å². The molecule has 21 heavy (non-hydrogen) atoms. The number of hydrogen-bond acceptors (Lipinski definition) is 3. The van der Waals surface area contributed by atoms with Crippen LogP contribution in [0.5, 0.6) is 0 Å². The largest absolute Gasteiger partial charge is 0.321 e. The van der Waals surface area contributed by atoms with Gasteiger partial charge in [-0.2, -0.15) is 0 Å². The third-order valence-corrected chi connectivity index (χ3v) is 4.89. The zero-order valence-electron chi connectivity index (χ0n) is 12.5. The molecule has 0 N–H and O–H groups in total. The number of nitrogens with zero attached hydrogens (tertiary/aromatic N) is 3. The molecule has 0 bridgehead atoms. The highest BCUT2D eigenvalue weighted by molar-refractivity contribution is 7.07. The zero-order valence-corrected chi connectivity index (χ0v) is 13.3. The Labute approximate surface area is 129 Å². The average molecular weight is 299 g/mol. The van der Waals surface area contributed by atoms with E-state index < -0.39 is 0 Å². The first-order chi connectivity index (χ1) is 10.3. The molecule has 0 saturated carbocycles. The predicted octanol–water partition coefficient (Wildman–Crippen LogP) is 4.38. The SMILES string of the molecule is Cc1csc(=Nc2cccnc2)n1CCC1=CCCCC1. The number of aromatic nitrogens is 2. The summed E-state index contributed by atoms with van der Waals surface area (Å²) in [5.41, 5.74) is 3.83. The van der Waals surface area contributed by atoms with Crippen LogP contribution in [0, 0.1) is 6.92 Å². The van der Waals surface area contributed by atoms with Gasteiger partial charge in [0, 0.05) is 23.8 Å². The maximum absolute atomic E-state index is 4.73. The van der Waals surface area contributed by atoms with Gasteiger partial charge < -0.3 is 4.57 Å². The van der Waals surface area contributed by atoms with Crippen molar-refractivity contribution >= 4 is 17.0 Å². The Balaban J connectivity index is 1.80. The molecule has 0 unspecified atom stereocenters. The second-order valence-electron chi connectivity index (χ2n) is 5.49. The summed E-state index contributed by atoms with van der Waals surface area (Å²) >= 11 is 1.71. The molecule has 0 spiro atoms. The fourth-order valence-electron chi connectivity index (χ4n) is 2.69. The maximum Gasteiger partial charge on any atom is 0.190 e. The van der Waals surface area contributed by atoms with Crippen molar-refractivity contribution in [3.63, 3.8) is 0 Å². The lowest BCUT2D eigenvalue weighted by Gasteiger charge is -2.13. The number of thiazole rings is 1. The van der Waals surface area contributed by atoms with Crippen molar-refractivity contribution < 1.29 is 0 Å². The van der Waals surface area contributed by atoms with Gasteiger partial charge in [-0.1, -0.05) is 11.6 Å². The van der Waals surface area contributed by atoms with E-state index in [2.05, 4.69) is 27.9 Å². The van der Waals surface area contributed by atoms with E-state index in [-0.39, 0.29) is 0 Å². The highest BCUT2D eigenvalue weighted by Crippen LogP contribution is 2.20. The van der Waals surface area contributed by atoms with Crippen molar-refractivity contribution in [3.8, 4) is 0 Å². The lowest BCUT2D eigenvalue weighted by molar-refractivity contribution is 0.608. The molecule has 0 fully saturated rings. The minimum absolute atomic E-state index is 0.921. The van der Waals surface area contributed by atoms with Crippen molar-refractivity contribution in [1.29, 1.82) is 0 Å². The quantitative estimate of drug-likeness (QED) is 0.771. The van der Waals surface area contributed by atoms with Gasteiger partial charge in [-0.3, -0.25) is 4.98 Å². The normalized spacial score (nSPS) is 16.0. The van der Waals surface area contributed by atoms with Crippen molar-refractivity contribution in [1.82, 2.24) is 9.55 Å². The van der Waals surface area contributed by atoms with Crippen LogP contribution in [-0.2, 0) is 6.54 Å². The zero-order chi connectivity index (χ0) is 14.5. The monoisotopic (exact) mass is 299 g/mol. The molecular formula is C17H21N3S. The summed E-state index contributed by atoms with van der Waals surface area (Å²) < 4.78 is 2.33. The van der Waals surface area contributed by atoms with E-state index in [0.29, 0.717) is 0 Å². The topological polar surface area (TPSA) is 30.2 Å². The smallest absolute Gasteiger partial charge is 0.190 e. The second kappa shape index (κ2) is 6.85. The molecular weight excluding hydrogens is 278 g/mol. The number of hydrogen-bond donors (Lipinski definition) is 0. The highest BCUT2D eigenvalue weighted by atomic mass is 32.1. The first-order valence-corrected chi connectivity index (χ1v) is 8.48. The molecule has 2 heterocycles. The van der Waals surface area contributed by atoms with E-state index in [1.165, 1.54) is 31.4 Å². The van der Waals surface area contributed by atoms with Crippen molar-refractivity contribution in [2.45, 2.75) is 45.6 Å². The van der Waals surface area contributed by atoms with Crippen LogP contribution in [0.25, 0.3) is 0 Å². The molecule has 0 amide bonds. The summed E-state index contributed by atoms with van der Waals surface area (Å²) in [7, 11) is 0. The molecule has 2 aromatic heterocycles. The highest BCUT2D eigenvalue weighted by Gasteiger charge is 2.06.